The maximum atomic E-state index is 11.8. The third kappa shape index (κ3) is 5.83. The van der Waals surface area contributed by atoms with E-state index in [-0.39, 0.29) is 18.6 Å². The molecule has 1 fully saturated rings. The molecule has 3 N–H and O–H groups in total. The SMILES string of the molecule is CC(C)[C@@H](CO)NCC(=O)NC1CCCCCC1. The molecule has 1 amide bonds. The molecule has 0 unspecified atom stereocenters. The second-order valence-corrected chi connectivity index (χ2v) is 5.67. The van der Waals surface area contributed by atoms with E-state index in [2.05, 4.69) is 10.6 Å². The fraction of sp³-hybridized carbons (Fsp3) is 0.929. The summed E-state index contributed by atoms with van der Waals surface area (Å²) in [6.07, 6.45) is 7.26. The average molecular weight is 256 g/mol. The van der Waals surface area contributed by atoms with Gasteiger partial charge in [0.1, 0.15) is 0 Å². The fourth-order valence-corrected chi connectivity index (χ4v) is 2.44. The van der Waals surface area contributed by atoms with Crippen LogP contribution >= 0.6 is 0 Å². The highest BCUT2D eigenvalue weighted by atomic mass is 16.3. The molecule has 0 aliphatic heterocycles. The van der Waals surface area contributed by atoms with Gasteiger partial charge in [0.15, 0.2) is 0 Å². The molecule has 1 rings (SSSR count). The van der Waals surface area contributed by atoms with Crippen LogP contribution in [-0.4, -0.2) is 36.2 Å². The van der Waals surface area contributed by atoms with Crippen LogP contribution in [0.2, 0.25) is 0 Å². The van der Waals surface area contributed by atoms with Gasteiger partial charge in [-0.3, -0.25) is 4.79 Å². The van der Waals surface area contributed by atoms with E-state index in [1.54, 1.807) is 0 Å². The van der Waals surface area contributed by atoms with E-state index in [9.17, 15) is 9.90 Å². The van der Waals surface area contributed by atoms with Crippen molar-refractivity contribution < 1.29 is 9.90 Å². The molecule has 0 bridgehead atoms. The van der Waals surface area contributed by atoms with Gasteiger partial charge in [-0.05, 0) is 18.8 Å². The van der Waals surface area contributed by atoms with Crippen molar-refractivity contribution in [2.45, 2.75) is 64.5 Å². The smallest absolute Gasteiger partial charge is 0.234 e. The molecule has 0 saturated heterocycles. The van der Waals surface area contributed by atoms with Crippen molar-refractivity contribution in [3.8, 4) is 0 Å². The second-order valence-electron chi connectivity index (χ2n) is 5.67. The van der Waals surface area contributed by atoms with Crippen LogP contribution in [0.3, 0.4) is 0 Å². The largest absolute Gasteiger partial charge is 0.395 e. The first-order valence-electron chi connectivity index (χ1n) is 7.27. The van der Waals surface area contributed by atoms with Crippen LogP contribution in [0.5, 0.6) is 0 Å². The van der Waals surface area contributed by atoms with Gasteiger partial charge < -0.3 is 15.7 Å². The molecule has 0 aromatic carbocycles. The normalized spacial score (nSPS) is 19.6. The molecule has 0 spiro atoms. The molecule has 1 aliphatic carbocycles. The van der Waals surface area contributed by atoms with E-state index in [4.69, 9.17) is 0 Å². The van der Waals surface area contributed by atoms with Crippen LogP contribution in [0.15, 0.2) is 0 Å². The molecule has 1 aliphatic rings. The van der Waals surface area contributed by atoms with Crippen LogP contribution in [-0.2, 0) is 4.79 Å². The van der Waals surface area contributed by atoms with Crippen molar-refractivity contribution >= 4 is 5.91 Å². The second kappa shape index (κ2) is 8.48. The molecule has 4 nitrogen and oxygen atoms in total. The Morgan fingerprint density at radius 1 is 1.22 bits per heavy atom. The number of nitrogens with one attached hydrogen (secondary N) is 2. The van der Waals surface area contributed by atoms with Gasteiger partial charge in [-0.25, -0.2) is 0 Å². The number of aliphatic hydroxyl groups excluding tert-OH is 1. The van der Waals surface area contributed by atoms with E-state index < -0.39 is 0 Å². The molecule has 106 valence electrons. The molecule has 0 heterocycles. The Bertz CT molecular complexity index is 236. The molecule has 0 aromatic heterocycles. The minimum atomic E-state index is 0.00452. The van der Waals surface area contributed by atoms with Crippen LogP contribution < -0.4 is 10.6 Å². The van der Waals surface area contributed by atoms with Gasteiger partial charge in [0.2, 0.25) is 5.91 Å². The van der Waals surface area contributed by atoms with E-state index in [1.807, 2.05) is 13.8 Å². The Hall–Kier alpha value is -0.610. The summed E-state index contributed by atoms with van der Waals surface area (Å²) in [5.41, 5.74) is 0. The predicted octanol–water partition coefficient (Wildman–Crippen LogP) is 1.43. The van der Waals surface area contributed by atoms with Gasteiger partial charge in [0.05, 0.1) is 13.2 Å². The highest BCUT2D eigenvalue weighted by Gasteiger charge is 2.16. The van der Waals surface area contributed by atoms with Crippen molar-refractivity contribution in [3.05, 3.63) is 0 Å². The summed E-state index contributed by atoms with van der Waals surface area (Å²) in [4.78, 5) is 11.8. The molecule has 1 saturated carbocycles. The number of amides is 1. The van der Waals surface area contributed by atoms with Gasteiger partial charge in [-0.15, -0.1) is 0 Å². The number of hydrogen-bond acceptors (Lipinski definition) is 3. The maximum Gasteiger partial charge on any atom is 0.234 e. The van der Waals surface area contributed by atoms with Crippen LogP contribution in [0.25, 0.3) is 0 Å². The first-order valence-corrected chi connectivity index (χ1v) is 7.27. The Labute approximate surface area is 111 Å². The van der Waals surface area contributed by atoms with Crippen molar-refractivity contribution in [1.29, 1.82) is 0 Å². The molecule has 1 atom stereocenters. The third-order valence-electron chi connectivity index (χ3n) is 3.75. The monoisotopic (exact) mass is 256 g/mol. The number of hydrogen-bond donors (Lipinski definition) is 3. The zero-order chi connectivity index (χ0) is 13.4. The minimum Gasteiger partial charge on any atom is -0.395 e. The predicted molar refractivity (Wildman–Crippen MR) is 73.3 cm³/mol. The van der Waals surface area contributed by atoms with Crippen molar-refractivity contribution in [2.75, 3.05) is 13.2 Å². The molecule has 0 radical (unpaired) electrons. The van der Waals surface area contributed by atoms with E-state index in [0.29, 0.717) is 18.5 Å². The van der Waals surface area contributed by atoms with Gasteiger partial charge in [-0.2, -0.15) is 0 Å². The van der Waals surface area contributed by atoms with Crippen molar-refractivity contribution in [3.63, 3.8) is 0 Å². The van der Waals surface area contributed by atoms with Crippen LogP contribution in [0.4, 0.5) is 0 Å². The van der Waals surface area contributed by atoms with Crippen LogP contribution in [0.1, 0.15) is 52.4 Å². The molecular formula is C14H28N2O2. The lowest BCUT2D eigenvalue weighted by Gasteiger charge is -2.21. The fourth-order valence-electron chi connectivity index (χ4n) is 2.44. The lowest BCUT2D eigenvalue weighted by molar-refractivity contribution is -0.121. The van der Waals surface area contributed by atoms with Crippen LogP contribution in [0, 0.1) is 5.92 Å². The Balaban J connectivity index is 2.23. The summed E-state index contributed by atoms with van der Waals surface area (Å²) < 4.78 is 0. The molecule has 4 heteroatoms. The number of rotatable bonds is 6. The van der Waals surface area contributed by atoms with Gasteiger partial charge in [0.25, 0.3) is 0 Å². The van der Waals surface area contributed by atoms with E-state index in [0.717, 1.165) is 12.8 Å². The molecule has 0 aromatic rings. The quantitative estimate of drug-likeness (QED) is 0.630. The average Bonchev–Trinajstić information content (AvgIpc) is 2.58. The zero-order valence-electron chi connectivity index (χ0n) is 11.7. The Morgan fingerprint density at radius 3 is 2.33 bits per heavy atom. The minimum absolute atomic E-state index is 0.00452. The highest BCUT2D eigenvalue weighted by Crippen LogP contribution is 2.16. The molecular weight excluding hydrogens is 228 g/mol. The topological polar surface area (TPSA) is 61.4 Å². The summed E-state index contributed by atoms with van der Waals surface area (Å²) in [6.45, 7) is 4.46. The lowest BCUT2D eigenvalue weighted by atomic mass is 10.1. The van der Waals surface area contributed by atoms with Gasteiger partial charge in [0, 0.05) is 12.1 Å². The first kappa shape index (κ1) is 15.4. The maximum absolute atomic E-state index is 11.8. The number of aliphatic hydroxyl groups is 1. The summed E-state index contributed by atoms with van der Waals surface area (Å²) >= 11 is 0. The standard InChI is InChI=1S/C14H28N2O2/c1-11(2)13(10-17)15-9-14(18)16-12-7-5-3-4-6-8-12/h11-13,15,17H,3-10H2,1-2H3,(H,16,18)/t13-/m1/s1. The molecule has 18 heavy (non-hydrogen) atoms. The van der Waals surface area contributed by atoms with Crippen molar-refractivity contribution in [1.82, 2.24) is 10.6 Å². The van der Waals surface area contributed by atoms with E-state index in [1.165, 1.54) is 25.7 Å². The summed E-state index contributed by atoms with van der Waals surface area (Å²) in [5.74, 6) is 0.390. The summed E-state index contributed by atoms with van der Waals surface area (Å²) in [5, 5.41) is 15.4. The van der Waals surface area contributed by atoms with Gasteiger partial charge >= 0.3 is 0 Å². The first-order chi connectivity index (χ1) is 8.63. The third-order valence-corrected chi connectivity index (χ3v) is 3.75. The Kier molecular flexibility index (Phi) is 7.28. The van der Waals surface area contributed by atoms with Gasteiger partial charge in [-0.1, -0.05) is 39.5 Å². The number of carbonyl (C=O) groups excluding carboxylic acids is 1. The number of carbonyl (C=O) groups is 1. The Morgan fingerprint density at radius 2 is 1.83 bits per heavy atom. The lowest BCUT2D eigenvalue weighted by Crippen LogP contribution is -2.45. The van der Waals surface area contributed by atoms with Crippen molar-refractivity contribution in [2.24, 2.45) is 5.92 Å². The summed E-state index contributed by atoms with van der Waals surface area (Å²) in [7, 11) is 0. The zero-order valence-corrected chi connectivity index (χ0v) is 11.7. The summed E-state index contributed by atoms with van der Waals surface area (Å²) in [6, 6.07) is 0.360. The van der Waals surface area contributed by atoms with E-state index >= 15 is 0 Å². The highest BCUT2D eigenvalue weighted by molar-refractivity contribution is 5.78.